The molecular weight excluding hydrogens is 244 g/mol. The average molecular weight is 261 g/mol. The third-order valence-corrected chi connectivity index (χ3v) is 3.22. The summed E-state index contributed by atoms with van der Waals surface area (Å²) in [5.74, 6) is 0. The second-order valence-electron chi connectivity index (χ2n) is 4.42. The van der Waals surface area contributed by atoms with E-state index >= 15 is 0 Å². The minimum atomic E-state index is 0.209. The van der Waals surface area contributed by atoms with Crippen molar-refractivity contribution in [2.45, 2.75) is 25.9 Å². The van der Waals surface area contributed by atoms with Gasteiger partial charge in [0.1, 0.15) is 0 Å². The van der Waals surface area contributed by atoms with Crippen molar-refractivity contribution in [3.05, 3.63) is 64.9 Å². The summed E-state index contributed by atoms with van der Waals surface area (Å²) < 4.78 is 0. The van der Waals surface area contributed by atoms with Gasteiger partial charge in [-0.05, 0) is 43.7 Å². The van der Waals surface area contributed by atoms with E-state index in [-0.39, 0.29) is 12.1 Å². The fourth-order valence-corrected chi connectivity index (χ4v) is 2.16. The second kappa shape index (κ2) is 5.98. The summed E-state index contributed by atoms with van der Waals surface area (Å²) in [4.78, 5) is 4.35. The summed E-state index contributed by atoms with van der Waals surface area (Å²) in [5, 5.41) is 4.29. The largest absolute Gasteiger partial charge is 0.302 e. The van der Waals surface area contributed by atoms with E-state index in [0.717, 1.165) is 10.7 Å². The summed E-state index contributed by atoms with van der Waals surface area (Å²) in [6.07, 6.45) is 1.82. The van der Waals surface area contributed by atoms with Crippen LogP contribution < -0.4 is 5.32 Å². The van der Waals surface area contributed by atoms with Gasteiger partial charge in [-0.1, -0.05) is 29.8 Å². The van der Waals surface area contributed by atoms with E-state index in [1.165, 1.54) is 5.56 Å². The topological polar surface area (TPSA) is 24.9 Å². The molecule has 1 aromatic heterocycles. The number of nitrogens with one attached hydrogen (secondary N) is 1. The Morgan fingerprint density at radius 3 is 2.56 bits per heavy atom. The van der Waals surface area contributed by atoms with E-state index in [4.69, 9.17) is 11.6 Å². The van der Waals surface area contributed by atoms with Crippen LogP contribution in [0.25, 0.3) is 0 Å². The molecule has 0 aliphatic rings. The first-order valence-corrected chi connectivity index (χ1v) is 6.47. The molecule has 1 aromatic carbocycles. The minimum absolute atomic E-state index is 0.209. The first-order valence-electron chi connectivity index (χ1n) is 6.09. The van der Waals surface area contributed by atoms with Gasteiger partial charge in [0.25, 0.3) is 0 Å². The van der Waals surface area contributed by atoms with Crippen LogP contribution in [0.15, 0.2) is 48.7 Å². The van der Waals surface area contributed by atoms with Crippen LogP contribution in [-0.4, -0.2) is 4.98 Å². The lowest BCUT2D eigenvalue weighted by Gasteiger charge is -2.20. The van der Waals surface area contributed by atoms with E-state index in [1.807, 2.05) is 42.6 Å². The number of hydrogen-bond acceptors (Lipinski definition) is 2. The molecule has 0 aliphatic carbocycles. The molecule has 3 heteroatoms. The molecule has 0 saturated carbocycles. The predicted molar refractivity (Wildman–Crippen MR) is 75.7 cm³/mol. The summed E-state index contributed by atoms with van der Waals surface area (Å²) >= 11 is 6.00. The highest BCUT2D eigenvalue weighted by Crippen LogP contribution is 2.20. The highest BCUT2D eigenvalue weighted by Gasteiger charge is 2.11. The highest BCUT2D eigenvalue weighted by atomic mass is 35.5. The van der Waals surface area contributed by atoms with Gasteiger partial charge in [-0.3, -0.25) is 4.98 Å². The Morgan fingerprint density at radius 1 is 1.06 bits per heavy atom. The summed E-state index contributed by atoms with van der Waals surface area (Å²) in [5.41, 5.74) is 2.23. The lowest BCUT2D eigenvalue weighted by atomic mass is 10.1. The molecule has 0 radical (unpaired) electrons. The van der Waals surface area contributed by atoms with Crippen molar-refractivity contribution in [2.75, 3.05) is 0 Å². The normalized spacial score (nSPS) is 14.2. The van der Waals surface area contributed by atoms with Gasteiger partial charge >= 0.3 is 0 Å². The van der Waals surface area contributed by atoms with Gasteiger partial charge in [0.2, 0.25) is 0 Å². The molecule has 0 saturated heterocycles. The monoisotopic (exact) mass is 260 g/mol. The van der Waals surface area contributed by atoms with Gasteiger partial charge in [-0.15, -0.1) is 0 Å². The molecule has 18 heavy (non-hydrogen) atoms. The van der Waals surface area contributed by atoms with Crippen molar-refractivity contribution >= 4 is 11.6 Å². The molecule has 2 aromatic rings. The Bertz CT molecular complexity index is 499. The molecule has 0 aliphatic heterocycles. The Labute approximate surface area is 113 Å². The van der Waals surface area contributed by atoms with Crippen molar-refractivity contribution in [2.24, 2.45) is 0 Å². The SMILES string of the molecule is CC(N[C@H](C)c1cccc(Cl)c1)c1ccccn1. The third-order valence-electron chi connectivity index (χ3n) is 2.98. The quantitative estimate of drug-likeness (QED) is 0.893. The summed E-state index contributed by atoms with van der Waals surface area (Å²) in [6, 6.07) is 14.3. The number of benzene rings is 1. The number of rotatable bonds is 4. The van der Waals surface area contributed by atoms with Crippen LogP contribution in [0, 0.1) is 0 Å². The zero-order chi connectivity index (χ0) is 13.0. The van der Waals surface area contributed by atoms with Crippen molar-refractivity contribution in [3.63, 3.8) is 0 Å². The molecule has 1 N–H and O–H groups in total. The van der Waals surface area contributed by atoms with Crippen molar-refractivity contribution in [1.29, 1.82) is 0 Å². The molecule has 0 spiro atoms. The van der Waals surface area contributed by atoms with E-state index in [2.05, 4.69) is 30.2 Å². The van der Waals surface area contributed by atoms with Gasteiger partial charge in [0, 0.05) is 23.3 Å². The van der Waals surface area contributed by atoms with Gasteiger partial charge in [-0.25, -0.2) is 0 Å². The third kappa shape index (κ3) is 3.31. The molecule has 2 atom stereocenters. The lowest BCUT2D eigenvalue weighted by molar-refractivity contribution is 0.486. The standard InChI is InChI=1S/C15H17ClN2/c1-11(13-6-5-7-14(16)10-13)18-12(2)15-8-3-4-9-17-15/h3-12,18H,1-2H3/t11-,12?/m1/s1. The zero-order valence-electron chi connectivity index (χ0n) is 10.6. The number of halogens is 1. The second-order valence-corrected chi connectivity index (χ2v) is 4.86. The fourth-order valence-electron chi connectivity index (χ4n) is 1.96. The fraction of sp³-hybridized carbons (Fsp3) is 0.267. The minimum Gasteiger partial charge on any atom is -0.302 e. The molecule has 0 bridgehead atoms. The van der Waals surface area contributed by atoms with Crippen LogP contribution >= 0.6 is 11.6 Å². The molecule has 1 unspecified atom stereocenters. The van der Waals surface area contributed by atoms with Crippen LogP contribution in [0.4, 0.5) is 0 Å². The maximum atomic E-state index is 6.00. The maximum absolute atomic E-state index is 6.00. The Kier molecular flexibility index (Phi) is 4.34. The van der Waals surface area contributed by atoms with Crippen molar-refractivity contribution in [3.8, 4) is 0 Å². The van der Waals surface area contributed by atoms with Gasteiger partial charge in [0.05, 0.1) is 5.69 Å². The number of hydrogen-bond donors (Lipinski definition) is 1. The Balaban J connectivity index is 2.05. The molecule has 0 fully saturated rings. The zero-order valence-corrected chi connectivity index (χ0v) is 11.4. The smallest absolute Gasteiger partial charge is 0.0570 e. The molecule has 0 amide bonds. The molecule has 2 nitrogen and oxygen atoms in total. The highest BCUT2D eigenvalue weighted by molar-refractivity contribution is 6.30. The van der Waals surface area contributed by atoms with Crippen LogP contribution in [0.5, 0.6) is 0 Å². The molecule has 1 heterocycles. The van der Waals surface area contributed by atoms with Gasteiger partial charge < -0.3 is 5.32 Å². The number of aromatic nitrogens is 1. The van der Waals surface area contributed by atoms with E-state index in [1.54, 1.807) is 0 Å². The molecular formula is C15H17ClN2. The summed E-state index contributed by atoms with van der Waals surface area (Å²) in [7, 11) is 0. The van der Waals surface area contributed by atoms with Crippen molar-refractivity contribution < 1.29 is 0 Å². The lowest BCUT2D eigenvalue weighted by Crippen LogP contribution is -2.23. The Morgan fingerprint density at radius 2 is 1.89 bits per heavy atom. The summed E-state index contributed by atoms with van der Waals surface area (Å²) in [6.45, 7) is 4.24. The first-order chi connectivity index (χ1) is 8.66. The van der Waals surface area contributed by atoms with Crippen LogP contribution in [0.1, 0.15) is 37.2 Å². The average Bonchev–Trinajstić information content (AvgIpc) is 2.39. The van der Waals surface area contributed by atoms with E-state index < -0.39 is 0 Å². The van der Waals surface area contributed by atoms with Crippen molar-refractivity contribution in [1.82, 2.24) is 10.3 Å². The van der Waals surface area contributed by atoms with Crippen LogP contribution in [0.2, 0.25) is 5.02 Å². The van der Waals surface area contributed by atoms with Crippen LogP contribution in [0.3, 0.4) is 0 Å². The predicted octanol–water partition coefficient (Wildman–Crippen LogP) is 4.15. The van der Waals surface area contributed by atoms with E-state index in [9.17, 15) is 0 Å². The van der Waals surface area contributed by atoms with Crippen LogP contribution in [-0.2, 0) is 0 Å². The van der Waals surface area contributed by atoms with E-state index in [0.29, 0.717) is 0 Å². The number of nitrogens with zero attached hydrogens (tertiary/aromatic N) is 1. The molecule has 2 rings (SSSR count). The molecule has 94 valence electrons. The maximum Gasteiger partial charge on any atom is 0.0570 e. The first kappa shape index (κ1) is 13.1. The Hall–Kier alpha value is -1.38. The number of pyridine rings is 1. The van der Waals surface area contributed by atoms with Gasteiger partial charge in [0.15, 0.2) is 0 Å². The van der Waals surface area contributed by atoms with Gasteiger partial charge in [-0.2, -0.15) is 0 Å².